The number of aryl methyl sites for hydroxylation is 1. The maximum atomic E-state index is 12.5. The summed E-state index contributed by atoms with van der Waals surface area (Å²) in [5, 5.41) is 5.99. The third-order valence-corrected chi connectivity index (χ3v) is 6.43. The minimum absolute atomic E-state index is 0.106. The number of amides is 1. The summed E-state index contributed by atoms with van der Waals surface area (Å²) in [6.45, 7) is 4.86. The number of benzene rings is 1. The molecule has 2 fully saturated rings. The van der Waals surface area contributed by atoms with Crippen LogP contribution in [0.5, 0.6) is 0 Å². The van der Waals surface area contributed by atoms with Crippen LogP contribution >= 0.6 is 22.9 Å². The molecule has 3 nitrogen and oxygen atoms in total. The predicted molar refractivity (Wildman–Crippen MR) is 105 cm³/mol. The number of halogens is 1. The molecule has 1 aromatic heterocycles. The van der Waals surface area contributed by atoms with Gasteiger partial charge in [0.25, 0.3) is 5.91 Å². The van der Waals surface area contributed by atoms with E-state index in [1.807, 2.05) is 17.5 Å². The fourth-order valence-electron chi connectivity index (χ4n) is 3.68. The normalized spacial score (nSPS) is 20.1. The second-order valence-corrected chi connectivity index (χ2v) is 8.57. The van der Waals surface area contributed by atoms with Crippen LogP contribution in [0.1, 0.15) is 46.0 Å². The molecule has 1 saturated heterocycles. The van der Waals surface area contributed by atoms with E-state index in [2.05, 4.69) is 29.3 Å². The van der Waals surface area contributed by atoms with Crippen molar-refractivity contribution < 1.29 is 4.79 Å². The Kier molecular flexibility index (Phi) is 4.74. The van der Waals surface area contributed by atoms with Gasteiger partial charge in [-0.1, -0.05) is 17.7 Å². The Bertz CT molecular complexity index is 784. The Morgan fingerprint density at radius 1 is 1.32 bits per heavy atom. The maximum absolute atomic E-state index is 12.5. The van der Waals surface area contributed by atoms with Gasteiger partial charge in [-0.2, -0.15) is 0 Å². The minimum Gasteiger partial charge on any atom is -0.371 e. The lowest BCUT2D eigenvalue weighted by Crippen LogP contribution is -2.31. The van der Waals surface area contributed by atoms with Crippen LogP contribution in [-0.2, 0) is 0 Å². The predicted octanol–water partition coefficient (Wildman–Crippen LogP) is 4.84. The van der Waals surface area contributed by atoms with Crippen molar-refractivity contribution in [1.29, 1.82) is 0 Å². The molecule has 0 bridgehead atoms. The van der Waals surface area contributed by atoms with Gasteiger partial charge in [0.1, 0.15) is 0 Å². The molecule has 0 radical (unpaired) electrons. The Morgan fingerprint density at radius 3 is 2.96 bits per heavy atom. The molecule has 132 valence electrons. The van der Waals surface area contributed by atoms with Gasteiger partial charge < -0.3 is 10.2 Å². The minimum atomic E-state index is 0.106. The van der Waals surface area contributed by atoms with Gasteiger partial charge in [-0.05, 0) is 72.7 Å². The first-order valence-corrected chi connectivity index (χ1v) is 10.2. The van der Waals surface area contributed by atoms with Gasteiger partial charge in [-0.25, -0.2) is 0 Å². The molecule has 1 saturated carbocycles. The molecule has 1 amide bonds. The Balaban J connectivity index is 1.34. The fraction of sp³-hybridized carbons (Fsp3) is 0.450. The van der Waals surface area contributed by atoms with Crippen LogP contribution in [-0.4, -0.2) is 25.5 Å². The molecule has 4 rings (SSSR count). The van der Waals surface area contributed by atoms with E-state index in [1.54, 1.807) is 11.3 Å². The van der Waals surface area contributed by atoms with Crippen LogP contribution < -0.4 is 10.2 Å². The molecule has 2 aromatic rings. The zero-order valence-electron chi connectivity index (χ0n) is 14.4. The number of hydrogen-bond acceptors (Lipinski definition) is 3. The van der Waals surface area contributed by atoms with E-state index < -0.39 is 0 Å². The summed E-state index contributed by atoms with van der Waals surface area (Å²) in [5.74, 6) is 1.22. The summed E-state index contributed by atoms with van der Waals surface area (Å²) in [6, 6.07) is 8.18. The van der Waals surface area contributed by atoms with Crippen molar-refractivity contribution in [2.24, 2.45) is 5.92 Å². The molecule has 1 atom stereocenters. The Morgan fingerprint density at radius 2 is 2.16 bits per heavy atom. The maximum Gasteiger partial charge on any atom is 0.261 e. The number of nitrogens with one attached hydrogen (secondary N) is 1. The van der Waals surface area contributed by atoms with E-state index in [0.717, 1.165) is 36.0 Å². The molecule has 25 heavy (non-hydrogen) atoms. The van der Waals surface area contributed by atoms with Crippen LogP contribution in [0.25, 0.3) is 0 Å². The van der Waals surface area contributed by atoms with E-state index in [-0.39, 0.29) is 5.91 Å². The third-order valence-electron chi connectivity index (χ3n) is 5.27. The molecular formula is C20H23ClN2OS. The zero-order valence-corrected chi connectivity index (χ0v) is 16.0. The quantitative estimate of drug-likeness (QED) is 0.811. The van der Waals surface area contributed by atoms with Crippen molar-refractivity contribution in [3.63, 3.8) is 0 Å². The van der Waals surface area contributed by atoms with Crippen molar-refractivity contribution in [1.82, 2.24) is 5.32 Å². The highest BCUT2D eigenvalue weighted by Gasteiger charge is 2.29. The SMILES string of the molecule is Cc1ccc(Cl)cc1N1CCC(CNC(=O)c2sccc2C2CC2)C1. The van der Waals surface area contributed by atoms with Crippen molar-refractivity contribution in [3.05, 3.63) is 50.7 Å². The number of rotatable bonds is 5. The molecule has 1 aromatic carbocycles. The summed E-state index contributed by atoms with van der Waals surface area (Å²) in [7, 11) is 0. The molecule has 1 aliphatic heterocycles. The number of anilines is 1. The monoisotopic (exact) mass is 374 g/mol. The van der Waals surface area contributed by atoms with E-state index in [9.17, 15) is 4.79 Å². The van der Waals surface area contributed by atoms with Gasteiger partial charge in [0.05, 0.1) is 4.88 Å². The lowest BCUT2D eigenvalue weighted by atomic mass is 10.1. The molecule has 0 spiro atoms. The second kappa shape index (κ2) is 7.00. The first kappa shape index (κ1) is 16.9. The summed E-state index contributed by atoms with van der Waals surface area (Å²) >= 11 is 7.73. The van der Waals surface area contributed by atoms with E-state index in [4.69, 9.17) is 11.6 Å². The van der Waals surface area contributed by atoms with Crippen LogP contribution in [0.15, 0.2) is 29.6 Å². The lowest BCUT2D eigenvalue weighted by Gasteiger charge is -2.21. The molecule has 2 aliphatic rings. The van der Waals surface area contributed by atoms with Gasteiger partial charge >= 0.3 is 0 Å². The van der Waals surface area contributed by atoms with Crippen LogP contribution in [0, 0.1) is 12.8 Å². The van der Waals surface area contributed by atoms with Gasteiger partial charge in [0, 0.05) is 30.3 Å². The van der Waals surface area contributed by atoms with Gasteiger partial charge in [-0.15, -0.1) is 11.3 Å². The van der Waals surface area contributed by atoms with Crippen LogP contribution in [0.4, 0.5) is 5.69 Å². The highest BCUT2D eigenvalue weighted by Crippen LogP contribution is 2.43. The summed E-state index contributed by atoms with van der Waals surface area (Å²) < 4.78 is 0. The van der Waals surface area contributed by atoms with Crippen molar-refractivity contribution >= 4 is 34.5 Å². The summed E-state index contributed by atoms with van der Waals surface area (Å²) in [5.41, 5.74) is 3.72. The number of carbonyl (C=O) groups excluding carboxylic acids is 1. The molecule has 2 heterocycles. The number of nitrogens with zero attached hydrogens (tertiary/aromatic N) is 1. The topological polar surface area (TPSA) is 32.3 Å². The molecule has 1 N–H and O–H groups in total. The van der Waals surface area contributed by atoms with Gasteiger partial charge in [-0.3, -0.25) is 4.79 Å². The van der Waals surface area contributed by atoms with Crippen LogP contribution in [0.2, 0.25) is 5.02 Å². The summed E-state index contributed by atoms with van der Waals surface area (Å²) in [4.78, 5) is 15.8. The van der Waals surface area contributed by atoms with Crippen molar-refractivity contribution in [2.75, 3.05) is 24.5 Å². The van der Waals surface area contributed by atoms with E-state index in [0.29, 0.717) is 11.8 Å². The highest BCUT2D eigenvalue weighted by molar-refractivity contribution is 7.12. The van der Waals surface area contributed by atoms with Crippen molar-refractivity contribution in [2.45, 2.75) is 32.1 Å². The number of thiophene rings is 1. The van der Waals surface area contributed by atoms with E-state index in [1.165, 1.54) is 29.7 Å². The lowest BCUT2D eigenvalue weighted by molar-refractivity contribution is 0.0951. The molecule has 1 aliphatic carbocycles. The molecule has 5 heteroatoms. The zero-order chi connectivity index (χ0) is 17.4. The van der Waals surface area contributed by atoms with Gasteiger partial charge in [0.2, 0.25) is 0 Å². The largest absolute Gasteiger partial charge is 0.371 e. The average Bonchev–Trinajstić information content (AvgIpc) is 3.14. The third kappa shape index (κ3) is 3.70. The average molecular weight is 375 g/mol. The highest BCUT2D eigenvalue weighted by atomic mass is 35.5. The first-order chi connectivity index (χ1) is 12.1. The first-order valence-electron chi connectivity index (χ1n) is 8.98. The van der Waals surface area contributed by atoms with E-state index >= 15 is 0 Å². The standard InChI is InChI=1S/C20H23ClN2OS/c1-13-2-5-16(21)10-18(13)23-8-6-14(12-23)11-22-20(24)19-17(7-9-25-19)15-3-4-15/h2,5,7,9-10,14-15H,3-4,6,8,11-12H2,1H3,(H,22,24). The number of hydrogen-bond donors (Lipinski definition) is 1. The molecular weight excluding hydrogens is 352 g/mol. The second-order valence-electron chi connectivity index (χ2n) is 7.22. The van der Waals surface area contributed by atoms with Gasteiger partial charge in [0.15, 0.2) is 0 Å². The molecule has 1 unspecified atom stereocenters. The number of carbonyl (C=O) groups is 1. The Hall–Kier alpha value is -1.52. The van der Waals surface area contributed by atoms with Crippen LogP contribution in [0.3, 0.4) is 0 Å². The Labute approximate surface area is 158 Å². The fourth-order valence-corrected chi connectivity index (χ4v) is 4.75. The van der Waals surface area contributed by atoms with Crippen molar-refractivity contribution in [3.8, 4) is 0 Å². The smallest absolute Gasteiger partial charge is 0.261 e. The summed E-state index contributed by atoms with van der Waals surface area (Å²) in [6.07, 6.45) is 3.56.